The monoisotopic (exact) mass is 404 g/mol. The molecule has 0 aliphatic carbocycles. The molecule has 0 amide bonds. The standard InChI is InChI=1S/C20H20O5S2/c1-13(21)26-16-6-2-14(3-7-16)18(22)12-19(23)27-17-8-4-15(5-9-17)20-24-10-11-25-20/h2-9,18,20,22H,10-12H2,1H3. The average molecular weight is 405 g/mol. The minimum Gasteiger partial charge on any atom is -0.388 e. The molecular formula is C20H20O5S2. The second-order valence-electron chi connectivity index (χ2n) is 6.00. The fraction of sp³-hybridized carbons (Fsp3) is 0.300. The molecule has 1 fully saturated rings. The minimum absolute atomic E-state index is 0.00644. The Morgan fingerprint density at radius 2 is 1.56 bits per heavy atom. The summed E-state index contributed by atoms with van der Waals surface area (Å²) in [5, 5.41) is 10.2. The van der Waals surface area contributed by atoms with E-state index in [1.807, 2.05) is 24.3 Å². The van der Waals surface area contributed by atoms with Crippen LogP contribution in [0.2, 0.25) is 0 Å². The first kappa shape index (κ1) is 20.1. The van der Waals surface area contributed by atoms with E-state index in [9.17, 15) is 14.7 Å². The van der Waals surface area contributed by atoms with E-state index in [0.29, 0.717) is 18.8 Å². The summed E-state index contributed by atoms with van der Waals surface area (Å²) in [5.74, 6) is 0. The summed E-state index contributed by atoms with van der Waals surface area (Å²) in [7, 11) is 0. The lowest BCUT2D eigenvalue weighted by atomic mass is 10.1. The Labute approximate surface area is 166 Å². The number of ether oxygens (including phenoxy) is 2. The summed E-state index contributed by atoms with van der Waals surface area (Å²) in [4.78, 5) is 25.0. The van der Waals surface area contributed by atoms with Crippen LogP contribution in [0.4, 0.5) is 0 Å². The van der Waals surface area contributed by atoms with Crippen LogP contribution in [0, 0.1) is 0 Å². The third-order valence-electron chi connectivity index (χ3n) is 3.89. The maximum atomic E-state index is 12.3. The number of carbonyl (C=O) groups excluding carboxylic acids is 2. The van der Waals surface area contributed by atoms with Gasteiger partial charge in [0.1, 0.15) is 0 Å². The van der Waals surface area contributed by atoms with E-state index in [4.69, 9.17) is 9.47 Å². The van der Waals surface area contributed by atoms with Crippen molar-refractivity contribution in [2.24, 2.45) is 0 Å². The molecule has 1 saturated heterocycles. The van der Waals surface area contributed by atoms with Gasteiger partial charge in [-0.2, -0.15) is 0 Å². The van der Waals surface area contributed by atoms with Gasteiger partial charge in [0, 0.05) is 28.7 Å². The molecular weight excluding hydrogens is 384 g/mol. The van der Waals surface area contributed by atoms with Crippen LogP contribution in [0.3, 0.4) is 0 Å². The predicted octanol–water partition coefficient (Wildman–Crippen LogP) is 4.11. The van der Waals surface area contributed by atoms with E-state index < -0.39 is 6.10 Å². The molecule has 0 saturated carbocycles. The van der Waals surface area contributed by atoms with E-state index >= 15 is 0 Å². The van der Waals surface area contributed by atoms with Crippen LogP contribution in [0.15, 0.2) is 58.3 Å². The highest BCUT2D eigenvalue weighted by Gasteiger charge is 2.19. The lowest BCUT2D eigenvalue weighted by Gasteiger charge is -2.11. The number of aliphatic hydroxyl groups is 1. The molecule has 1 atom stereocenters. The van der Waals surface area contributed by atoms with Gasteiger partial charge in [0.25, 0.3) is 0 Å². The second kappa shape index (κ2) is 9.52. The quantitative estimate of drug-likeness (QED) is 0.726. The number of hydrogen-bond donors (Lipinski definition) is 1. The highest BCUT2D eigenvalue weighted by molar-refractivity contribution is 8.13. The van der Waals surface area contributed by atoms with Crippen molar-refractivity contribution >= 4 is 33.8 Å². The Balaban J connectivity index is 1.52. The van der Waals surface area contributed by atoms with Gasteiger partial charge in [0.15, 0.2) is 16.5 Å². The van der Waals surface area contributed by atoms with Crippen LogP contribution in [-0.2, 0) is 19.1 Å². The van der Waals surface area contributed by atoms with Gasteiger partial charge < -0.3 is 14.6 Å². The van der Waals surface area contributed by atoms with Crippen molar-refractivity contribution in [3.05, 3.63) is 59.7 Å². The van der Waals surface area contributed by atoms with E-state index in [0.717, 1.165) is 38.9 Å². The second-order valence-corrected chi connectivity index (χ2v) is 8.38. The molecule has 1 aliphatic heterocycles. The van der Waals surface area contributed by atoms with Crippen LogP contribution in [0.5, 0.6) is 0 Å². The number of rotatable bonds is 6. The molecule has 3 rings (SSSR count). The summed E-state index contributed by atoms with van der Waals surface area (Å²) in [5.41, 5.74) is 1.58. The van der Waals surface area contributed by atoms with Crippen molar-refractivity contribution in [2.75, 3.05) is 13.2 Å². The lowest BCUT2D eigenvalue weighted by Crippen LogP contribution is -2.03. The number of aliphatic hydroxyl groups excluding tert-OH is 1. The van der Waals surface area contributed by atoms with Gasteiger partial charge in [-0.15, -0.1) is 0 Å². The first-order chi connectivity index (χ1) is 13.0. The van der Waals surface area contributed by atoms with Gasteiger partial charge in [-0.3, -0.25) is 9.59 Å². The van der Waals surface area contributed by atoms with Crippen LogP contribution < -0.4 is 0 Å². The smallest absolute Gasteiger partial charge is 0.196 e. The minimum atomic E-state index is -0.874. The van der Waals surface area contributed by atoms with E-state index in [1.165, 1.54) is 6.92 Å². The Kier molecular flexibility index (Phi) is 7.09. The van der Waals surface area contributed by atoms with E-state index in [1.54, 1.807) is 24.3 Å². The number of carbonyl (C=O) groups is 2. The molecule has 27 heavy (non-hydrogen) atoms. The molecule has 0 aromatic heterocycles. The third-order valence-corrected chi connectivity index (χ3v) is 5.59. The summed E-state index contributed by atoms with van der Waals surface area (Å²) in [6, 6.07) is 14.5. The zero-order valence-corrected chi connectivity index (χ0v) is 16.4. The molecule has 2 aromatic carbocycles. The maximum absolute atomic E-state index is 12.3. The summed E-state index contributed by atoms with van der Waals surface area (Å²) >= 11 is 2.24. The van der Waals surface area contributed by atoms with Crippen molar-refractivity contribution in [3.63, 3.8) is 0 Å². The molecule has 1 unspecified atom stereocenters. The molecule has 2 aromatic rings. The molecule has 1 aliphatic rings. The molecule has 142 valence electrons. The largest absolute Gasteiger partial charge is 0.388 e. The highest BCUT2D eigenvalue weighted by atomic mass is 32.2. The Bertz CT molecular complexity index is 783. The van der Waals surface area contributed by atoms with E-state index in [2.05, 4.69) is 0 Å². The average Bonchev–Trinajstić information content (AvgIpc) is 3.17. The Hall–Kier alpha value is -1.64. The van der Waals surface area contributed by atoms with Gasteiger partial charge >= 0.3 is 0 Å². The van der Waals surface area contributed by atoms with Gasteiger partial charge in [-0.1, -0.05) is 47.8 Å². The Morgan fingerprint density at radius 1 is 1.00 bits per heavy atom. The first-order valence-corrected chi connectivity index (χ1v) is 10.1. The number of hydrogen-bond acceptors (Lipinski definition) is 7. The Morgan fingerprint density at radius 3 is 2.15 bits per heavy atom. The zero-order valence-electron chi connectivity index (χ0n) is 14.8. The first-order valence-electron chi connectivity index (χ1n) is 8.51. The molecule has 0 radical (unpaired) electrons. The lowest BCUT2D eigenvalue weighted by molar-refractivity contribution is -0.112. The van der Waals surface area contributed by atoms with Gasteiger partial charge in [0.2, 0.25) is 0 Å². The van der Waals surface area contributed by atoms with Crippen molar-refractivity contribution < 1.29 is 24.2 Å². The topological polar surface area (TPSA) is 72.8 Å². The van der Waals surface area contributed by atoms with Crippen LogP contribution >= 0.6 is 23.5 Å². The van der Waals surface area contributed by atoms with Gasteiger partial charge in [0.05, 0.1) is 19.3 Å². The predicted molar refractivity (Wildman–Crippen MR) is 105 cm³/mol. The van der Waals surface area contributed by atoms with Crippen molar-refractivity contribution in [3.8, 4) is 0 Å². The molecule has 0 bridgehead atoms. The van der Waals surface area contributed by atoms with Crippen molar-refractivity contribution in [1.29, 1.82) is 0 Å². The van der Waals surface area contributed by atoms with E-state index in [-0.39, 0.29) is 22.9 Å². The van der Waals surface area contributed by atoms with Crippen LogP contribution in [0.25, 0.3) is 0 Å². The fourth-order valence-corrected chi connectivity index (χ4v) is 4.00. The fourth-order valence-electron chi connectivity index (χ4n) is 2.62. The normalized spacial score (nSPS) is 15.6. The molecule has 5 nitrogen and oxygen atoms in total. The summed E-state index contributed by atoms with van der Waals surface area (Å²) in [6.45, 7) is 2.68. The molecule has 0 spiro atoms. The van der Waals surface area contributed by atoms with Crippen molar-refractivity contribution in [2.45, 2.75) is 35.5 Å². The highest BCUT2D eigenvalue weighted by Crippen LogP contribution is 2.29. The number of thioether (sulfide) groups is 2. The van der Waals surface area contributed by atoms with Gasteiger partial charge in [-0.25, -0.2) is 0 Å². The number of benzene rings is 2. The zero-order chi connectivity index (χ0) is 19.2. The van der Waals surface area contributed by atoms with Gasteiger partial charge in [-0.05, 0) is 29.8 Å². The SMILES string of the molecule is CC(=O)Sc1ccc(C(O)CC(=O)Sc2ccc(C3OCCO3)cc2)cc1. The molecule has 1 heterocycles. The molecule has 7 heteroatoms. The van der Waals surface area contributed by atoms with Crippen LogP contribution in [-0.4, -0.2) is 28.6 Å². The maximum Gasteiger partial charge on any atom is 0.196 e. The summed E-state index contributed by atoms with van der Waals surface area (Å²) < 4.78 is 10.9. The summed E-state index contributed by atoms with van der Waals surface area (Å²) in [6.07, 6.45) is -1.19. The third kappa shape index (κ3) is 5.92. The van der Waals surface area contributed by atoms with Crippen molar-refractivity contribution in [1.82, 2.24) is 0 Å². The molecule has 1 N–H and O–H groups in total. The van der Waals surface area contributed by atoms with Crippen LogP contribution in [0.1, 0.15) is 36.9 Å².